The highest BCUT2D eigenvalue weighted by Gasteiger charge is 2.37. The molecule has 124 valence electrons. The summed E-state index contributed by atoms with van der Waals surface area (Å²) in [4.78, 5) is 11.6. The van der Waals surface area contributed by atoms with Crippen molar-refractivity contribution in [3.8, 4) is 11.6 Å². The van der Waals surface area contributed by atoms with Crippen molar-refractivity contribution in [1.82, 2.24) is 19.8 Å². The van der Waals surface area contributed by atoms with Gasteiger partial charge in [-0.1, -0.05) is 6.92 Å². The smallest absolute Gasteiger partial charge is 0.438 e. The summed E-state index contributed by atoms with van der Waals surface area (Å²) in [7, 11) is 0. The highest BCUT2D eigenvalue weighted by molar-refractivity contribution is 5.95. The van der Waals surface area contributed by atoms with Gasteiger partial charge in [0.15, 0.2) is 11.4 Å². The molecular formula is C15H11F3N4O2. The zero-order chi connectivity index (χ0) is 17.3. The van der Waals surface area contributed by atoms with Gasteiger partial charge in [-0.2, -0.15) is 17.7 Å². The Hall–Kier alpha value is -2.97. The summed E-state index contributed by atoms with van der Waals surface area (Å²) >= 11 is 0. The zero-order valence-corrected chi connectivity index (χ0v) is 12.4. The van der Waals surface area contributed by atoms with Gasteiger partial charge >= 0.3 is 6.18 Å². The van der Waals surface area contributed by atoms with Gasteiger partial charge in [-0.3, -0.25) is 4.79 Å². The Kier molecular flexibility index (Phi) is 3.92. The lowest BCUT2D eigenvalue weighted by Gasteiger charge is -2.07. The first-order chi connectivity index (χ1) is 11.4. The van der Waals surface area contributed by atoms with E-state index in [-0.39, 0.29) is 17.3 Å². The molecule has 0 aliphatic heterocycles. The predicted molar refractivity (Wildman–Crippen MR) is 76.9 cm³/mol. The SMILES string of the molecule is CCC(=O)c1ccc(Oc2ccc3nnc(C(F)(F)F)n3n2)cc1. The van der Waals surface area contributed by atoms with Crippen LogP contribution in [0.2, 0.25) is 0 Å². The molecule has 0 fully saturated rings. The molecule has 0 amide bonds. The van der Waals surface area contributed by atoms with Crippen LogP contribution in [0.15, 0.2) is 36.4 Å². The Bertz CT molecular complexity index is 888. The van der Waals surface area contributed by atoms with Crippen LogP contribution in [0, 0.1) is 0 Å². The molecule has 24 heavy (non-hydrogen) atoms. The van der Waals surface area contributed by atoms with Gasteiger partial charge in [-0.15, -0.1) is 15.3 Å². The molecule has 0 unspecified atom stereocenters. The molecule has 9 heteroatoms. The Balaban J connectivity index is 1.89. The second kappa shape index (κ2) is 5.91. The molecule has 0 bridgehead atoms. The Morgan fingerprint density at radius 3 is 2.46 bits per heavy atom. The van der Waals surface area contributed by atoms with E-state index in [1.807, 2.05) is 0 Å². The fraction of sp³-hybridized carbons (Fsp3) is 0.200. The number of ketones is 1. The lowest BCUT2D eigenvalue weighted by Crippen LogP contribution is -2.12. The first kappa shape index (κ1) is 15.9. The van der Waals surface area contributed by atoms with Crippen LogP contribution in [-0.2, 0) is 6.18 Å². The molecule has 3 rings (SSSR count). The molecule has 6 nitrogen and oxygen atoms in total. The van der Waals surface area contributed by atoms with Crippen LogP contribution < -0.4 is 4.74 Å². The quantitative estimate of drug-likeness (QED) is 0.682. The van der Waals surface area contributed by atoms with E-state index in [0.29, 0.717) is 22.2 Å². The minimum absolute atomic E-state index is 0.0135. The topological polar surface area (TPSA) is 69.4 Å². The summed E-state index contributed by atoms with van der Waals surface area (Å²) in [6.07, 6.45) is -4.29. The lowest BCUT2D eigenvalue weighted by molar-refractivity contribution is -0.146. The summed E-state index contributed by atoms with van der Waals surface area (Å²) in [5, 5.41) is 10.3. The van der Waals surface area contributed by atoms with Crippen LogP contribution in [0.25, 0.3) is 5.65 Å². The monoisotopic (exact) mass is 336 g/mol. The molecule has 1 aromatic carbocycles. The molecule has 2 aromatic heterocycles. The van der Waals surface area contributed by atoms with Gasteiger partial charge in [0.25, 0.3) is 5.82 Å². The number of rotatable bonds is 4. The number of halogens is 3. The van der Waals surface area contributed by atoms with Crippen LogP contribution in [0.3, 0.4) is 0 Å². The highest BCUT2D eigenvalue weighted by atomic mass is 19.4. The van der Waals surface area contributed by atoms with Crippen molar-refractivity contribution in [2.24, 2.45) is 0 Å². The third-order valence-electron chi connectivity index (χ3n) is 3.21. The van der Waals surface area contributed by atoms with Crippen molar-refractivity contribution in [2.45, 2.75) is 19.5 Å². The lowest BCUT2D eigenvalue weighted by atomic mass is 10.1. The van der Waals surface area contributed by atoms with Crippen LogP contribution in [-0.4, -0.2) is 25.6 Å². The normalized spacial score (nSPS) is 11.7. The zero-order valence-electron chi connectivity index (χ0n) is 12.4. The number of hydrogen-bond donors (Lipinski definition) is 0. The number of benzene rings is 1. The van der Waals surface area contributed by atoms with Gasteiger partial charge in [-0.25, -0.2) is 0 Å². The fourth-order valence-electron chi connectivity index (χ4n) is 2.04. The number of fused-ring (bicyclic) bond motifs is 1. The predicted octanol–water partition coefficient (Wildman–Crippen LogP) is 3.53. The molecule has 0 atom stereocenters. The van der Waals surface area contributed by atoms with E-state index in [1.54, 1.807) is 31.2 Å². The molecule has 0 N–H and O–H groups in total. The molecular weight excluding hydrogens is 325 g/mol. The summed E-state index contributed by atoms with van der Waals surface area (Å²) in [5.41, 5.74) is 0.491. The van der Waals surface area contributed by atoms with Crippen molar-refractivity contribution in [3.63, 3.8) is 0 Å². The minimum Gasteiger partial charge on any atom is -0.438 e. The van der Waals surface area contributed by atoms with Crippen molar-refractivity contribution < 1.29 is 22.7 Å². The number of carbonyl (C=O) groups excluding carboxylic acids is 1. The third-order valence-corrected chi connectivity index (χ3v) is 3.21. The molecule has 0 radical (unpaired) electrons. The summed E-state index contributed by atoms with van der Waals surface area (Å²) in [5.74, 6) is -0.953. The Morgan fingerprint density at radius 1 is 1.12 bits per heavy atom. The Morgan fingerprint density at radius 2 is 1.83 bits per heavy atom. The number of nitrogens with zero attached hydrogens (tertiary/aromatic N) is 4. The average Bonchev–Trinajstić information content (AvgIpc) is 2.98. The second-order valence-corrected chi connectivity index (χ2v) is 4.87. The van der Waals surface area contributed by atoms with Crippen LogP contribution in [0.4, 0.5) is 13.2 Å². The number of aromatic nitrogens is 4. The molecule has 0 spiro atoms. The first-order valence-electron chi connectivity index (χ1n) is 6.99. The van der Waals surface area contributed by atoms with Crippen molar-refractivity contribution in [2.75, 3.05) is 0 Å². The largest absolute Gasteiger partial charge is 0.453 e. The van der Waals surface area contributed by atoms with Crippen LogP contribution in [0.5, 0.6) is 11.6 Å². The van der Waals surface area contributed by atoms with Crippen molar-refractivity contribution >= 4 is 11.4 Å². The van der Waals surface area contributed by atoms with E-state index in [1.165, 1.54) is 12.1 Å². The number of hydrogen-bond acceptors (Lipinski definition) is 5. The number of Topliss-reactive ketones (excluding diaryl/α,β-unsaturated/α-hetero) is 1. The van der Waals surface area contributed by atoms with E-state index in [2.05, 4.69) is 15.3 Å². The van der Waals surface area contributed by atoms with Gasteiger partial charge in [0, 0.05) is 18.1 Å². The Labute approximate surface area is 133 Å². The number of ether oxygens (including phenoxy) is 1. The summed E-state index contributed by atoms with van der Waals surface area (Å²) in [6.45, 7) is 1.75. The maximum absolute atomic E-state index is 12.8. The van der Waals surface area contributed by atoms with E-state index in [4.69, 9.17) is 4.74 Å². The van der Waals surface area contributed by atoms with Crippen molar-refractivity contribution in [1.29, 1.82) is 0 Å². The molecule has 0 saturated heterocycles. The number of alkyl halides is 3. The third kappa shape index (κ3) is 3.05. The second-order valence-electron chi connectivity index (χ2n) is 4.87. The number of carbonyl (C=O) groups is 1. The van der Waals surface area contributed by atoms with Gasteiger partial charge < -0.3 is 4.74 Å². The van der Waals surface area contributed by atoms with Crippen LogP contribution >= 0.6 is 0 Å². The first-order valence-corrected chi connectivity index (χ1v) is 6.99. The molecule has 3 aromatic rings. The van der Waals surface area contributed by atoms with E-state index in [9.17, 15) is 18.0 Å². The molecule has 0 saturated carbocycles. The summed E-state index contributed by atoms with van der Waals surface area (Å²) in [6, 6.07) is 8.96. The highest BCUT2D eigenvalue weighted by Crippen LogP contribution is 2.28. The molecule has 0 aliphatic rings. The molecule has 2 heterocycles. The maximum Gasteiger partial charge on any atom is 0.453 e. The van der Waals surface area contributed by atoms with E-state index >= 15 is 0 Å². The van der Waals surface area contributed by atoms with Gasteiger partial charge in [0.1, 0.15) is 5.75 Å². The minimum atomic E-state index is -4.67. The average molecular weight is 336 g/mol. The van der Waals surface area contributed by atoms with Gasteiger partial charge in [0.05, 0.1) is 0 Å². The molecule has 0 aliphatic carbocycles. The summed E-state index contributed by atoms with van der Waals surface area (Å²) < 4.78 is 44.5. The van der Waals surface area contributed by atoms with Crippen LogP contribution in [0.1, 0.15) is 29.5 Å². The van der Waals surface area contributed by atoms with Gasteiger partial charge in [-0.05, 0) is 30.3 Å². The van der Waals surface area contributed by atoms with Crippen molar-refractivity contribution in [3.05, 3.63) is 47.8 Å². The van der Waals surface area contributed by atoms with Gasteiger partial charge in [0.2, 0.25) is 5.88 Å². The maximum atomic E-state index is 12.8. The van der Waals surface area contributed by atoms with E-state index in [0.717, 1.165) is 0 Å². The fourth-order valence-corrected chi connectivity index (χ4v) is 2.04. The standard InChI is InChI=1S/C15H11F3N4O2/c1-2-11(23)9-3-5-10(6-4-9)24-13-8-7-12-19-20-14(15(16,17)18)22(12)21-13/h3-8H,2H2,1H3. The van der Waals surface area contributed by atoms with E-state index < -0.39 is 12.0 Å².